The highest BCUT2D eigenvalue weighted by Crippen LogP contribution is 2.14. The first-order valence-electron chi connectivity index (χ1n) is 7.84. The van der Waals surface area contributed by atoms with Crippen molar-refractivity contribution < 1.29 is 22.9 Å². The maximum Gasteiger partial charge on any atom is 0.500 e. The van der Waals surface area contributed by atoms with Gasteiger partial charge in [-0.2, -0.15) is 0 Å². The summed E-state index contributed by atoms with van der Waals surface area (Å²) in [5.74, 6) is 0. The monoisotopic (exact) mass is 338 g/mol. The van der Waals surface area contributed by atoms with Gasteiger partial charge < -0.3 is 33.5 Å². The molecule has 0 fully saturated rings. The molecule has 0 aromatic heterocycles. The van der Waals surface area contributed by atoms with E-state index in [2.05, 4.69) is 31.8 Å². The third-order valence-electron chi connectivity index (χ3n) is 3.39. The zero-order valence-corrected chi connectivity index (χ0v) is 16.1. The van der Waals surface area contributed by atoms with Crippen LogP contribution in [0.4, 0.5) is 0 Å². The normalized spacial score (nSPS) is 14.3. The van der Waals surface area contributed by atoms with Crippen LogP contribution in [-0.2, 0) is 13.3 Å². The van der Waals surface area contributed by atoms with E-state index in [-0.39, 0.29) is 6.10 Å². The van der Waals surface area contributed by atoms with Gasteiger partial charge in [0, 0.05) is 47.0 Å². The van der Waals surface area contributed by atoms with E-state index < -0.39 is 8.80 Å². The molecule has 1 atom stereocenters. The highest BCUT2D eigenvalue weighted by Gasteiger charge is 2.36. The van der Waals surface area contributed by atoms with Gasteiger partial charge in [0.05, 0.1) is 21.1 Å². The number of rotatable bonds is 14. The van der Waals surface area contributed by atoms with Gasteiger partial charge >= 0.3 is 8.80 Å². The molecule has 22 heavy (non-hydrogen) atoms. The molecule has 0 rings (SSSR count). The summed E-state index contributed by atoms with van der Waals surface area (Å²) in [6, 6.07) is 0.805. The lowest BCUT2D eigenvalue weighted by atomic mass is 10.3. The Morgan fingerprint density at radius 2 is 1.50 bits per heavy atom. The van der Waals surface area contributed by atoms with Gasteiger partial charge in [-0.25, -0.2) is 0 Å². The molecule has 0 radical (unpaired) electrons. The third kappa shape index (κ3) is 10.6. The average Bonchev–Trinajstić information content (AvgIpc) is 2.45. The van der Waals surface area contributed by atoms with E-state index in [1.807, 2.05) is 0 Å². The summed E-state index contributed by atoms with van der Waals surface area (Å²) in [5.41, 5.74) is 0. The van der Waals surface area contributed by atoms with E-state index in [0.717, 1.165) is 43.1 Å². The summed E-state index contributed by atoms with van der Waals surface area (Å²) in [4.78, 5) is 0. The zero-order chi connectivity index (χ0) is 17.1. The molecule has 0 bridgehead atoms. The second kappa shape index (κ2) is 11.5. The molecular weight excluding hydrogens is 302 g/mol. The molecule has 0 aromatic rings. The standard InChI is InChI=1S/C14H36N3O4Si/c1-17(2,3)13-14(18)12-16-10-9-15-8-7-11-22(19-4,20-5)21-6/h14-16,18H,7-13H2,1-6H3/q+1. The average molecular weight is 339 g/mol. The van der Waals surface area contributed by atoms with Crippen molar-refractivity contribution in [2.45, 2.75) is 18.6 Å². The Morgan fingerprint density at radius 1 is 0.955 bits per heavy atom. The molecular formula is C14H36N3O4Si+. The van der Waals surface area contributed by atoms with Crippen molar-refractivity contribution in [2.75, 3.05) is 75.2 Å². The molecule has 7 nitrogen and oxygen atoms in total. The minimum Gasteiger partial charge on any atom is -0.386 e. The minimum absolute atomic E-state index is 0.309. The van der Waals surface area contributed by atoms with Gasteiger partial charge in [-0.1, -0.05) is 0 Å². The Balaban J connectivity index is 3.55. The zero-order valence-electron chi connectivity index (χ0n) is 15.1. The van der Waals surface area contributed by atoms with Gasteiger partial charge in [0.25, 0.3) is 0 Å². The van der Waals surface area contributed by atoms with Crippen molar-refractivity contribution in [3.8, 4) is 0 Å². The highest BCUT2D eigenvalue weighted by molar-refractivity contribution is 6.60. The number of hydrogen-bond donors (Lipinski definition) is 3. The van der Waals surface area contributed by atoms with Gasteiger partial charge in [-0.15, -0.1) is 0 Å². The van der Waals surface area contributed by atoms with Crippen LogP contribution in [0.3, 0.4) is 0 Å². The van der Waals surface area contributed by atoms with E-state index in [9.17, 15) is 5.11 Å². The van der Waals surface area contributed by atoms with Crippen LogP contribution in [0.1, 0.15) is 6.42 Å². The van der Waals surface area contributed by atoms with Crippen LogP contribution in [0.15, 0.2) is 0 Å². The third-order valence-corrected chi connectivity index (χ3v) is 6.22. The number of nitrogens with zero attached hydrogens (tertiary/aromatic N) is 1. The lowest BCUT2D eigenvalue weighted by Crippen LogP contribution is -2.45. The Labute approximate surface area is 136 Å². The molecule has 0 saturated carbocycles. The quantitative estimate of drug-likeness (QED) is 0.225. The summed E-state index contributed by atoms with van der Waals surface area (Å²) >= 11 is 0. The van der Waals surface area contributed by atoms with Crippen LogP contribution in [0.25, 0.3) is 0 Å². The second-order valence-corrected chi connectivity index (χ2v) is 9.57. The Hall–Kier alpha value is -0.0631. The van der Waals surface area contributed by atoms with Crippen molar-refractivity contribution in [2.24, 2.45) is 0 Å². The van der Waals surface area contributed by atoms with Crippen molar-refractivity contribution in [3.05, 3.63) is 0 Å². The van der Waals surface area contributed by atoms with Gasteiger partial charge in [0.1, 0.15) is 12.6 Å². The number of aliphatic hydroxyl groups excluding tert-OH is 1. The van der Waals surface area contributed by atoms with Crippen molar-refractivity contribution in [1.29, 1.82) is 0 Å². The van der Waals surface area contributed by atoms with Crippen LogP contribution in [-0.4, -0.2) is 99.7 Å². The van der Waals surface area contributed by atoms with Crippen molar-refractivity contribution >= 4 is 8.80 Å². The summed E-state index contributed by atoms with van der Waals surface area (Å²) < 4.78 is 16.9. The van der Waals surface area contributed by atoms with Crippen LogP contribution in [0.5, 0.6) is 0 Å². The molecule has 134 valence electrons. The molecule has 0 aromatic carbocycles. The predicted molar refractivity (Wildman–Crippen MR) is 90.9 cm³/mol. The number of quaternary nitrogens is 1. The van der Waals surface area contributed by atoms with E-state index in [1.54, 1.807) is 21.3 Å². The first-order valence-corrected chi connectivity index (χ1v) is 9.77. The first kappa shape index (κ1) is 21.9. The fourth-order valence-corrected chi connectivity index (χ4v) is 3.98. The molecule has 3 N–H and O–H groups in total. The lowest BCUT2D eigenvalue weighted by molar-refractivity contribution is -0.873. The molecule has 1 unspecified atom stereocenters. The first-order chi connectivity index (χ1) is 10.3. The topological polar surface area (TPSA) is 72.0 Å². The SMILES string of the molecule is CO[Si](CCCNCCNCC(O)C[N+](C)(C)C)(OC)OC. The minimum atomic E-state index is -2.42. The van der Waals surface area contributed by atoms with Crippen LogP contribution in [0.2, 0.25) is 6.04 Å². The van der Waals surface area contributed by atoms with Gasteiger partial charge in [-0.05, 0) is 13.0 Å². The lowest BCUT2D eigenvalue weighted by Gasteiger charge is -2.26. The van der Waals surface area contributed by atoms with Gasteiger partial charge in [-0.3, -0.25) is 0 Å². The Morgan fingerprint density at radius 3 is 2.00 bits per heavy atom. The molecule has 0 aliphatic heterocycles. The van der Waals surface area contributed by atoms with Gasteiger partial charge in [0.2, 0.25) is 0 Å². The maximum atomic E-state index is 9.86. The smallest absolute Gasteiger partial charge is 0.386 e. The van der Waals surface area contributed by atoms with Crippen molar-refractivity contribution in [3.63, 3.8) is 0 Å². The van der Waals surface area contributed by atoms with E-state index in [1.165, 1.54) is 0 Å². The number of likely N-dealkylation sites (N-methyl/N-ethyl adjacent to an activating group) is 1. The largest absolute Gasteiger partial charge is 0.500 e. The molecule has 0 aliphatic rings. The van der Waals surface area contributed by atoms with E-state index in [4.69, 9.17) is 13.3 Å². The molecule has 8 heteroatoms. The molecule has 0 amide bonds. The number of nitrogens with one attached hydrogen (secondary N) is 2. The van der Waals surface area contributed by atoms with Crippen LogP contribution in [0, 0.1) is 0 Å². The van der Waals surface area contributed by atoms with E-state index >= 15 is 0 Å². The Kier molecular flexibility index (Phi) is 11.4. The van der Waals surface area contributed by atoms with Crippen LogP contribution < -0.4 is 10.6 Å². The number of aliphatic hydroxyl groups is 1. The highest BCUT2D eigenvalue weighted by atomic mass is 28.4. The number of hydrogen-bond acceptors (Lipinski definition) is 6. The van der Waals surface area contributed by atoms with Crippen LogP contribution >= 0.6 is 0 Å². The summed E-state index contributed by atoms with van der Waals surface area (Å²) in [5, 5.41) is 16.5. The fraction of sp³-hybridized carbons (Fsp3) is 1.00. The summed E-state index contributed by atoms with van der Waals surface area (Å²) in [7, 11) is 8.72. The van der Waals surface area contributed by atoms with Gasteiger partial charge in [0.15, 0.2) is 0 Å². The van der Waals surface area contributed by atoms with E-state index in [0.29, 0.717) is 6.54 Å². The summed E-state index contributed by atoms with van der Waals surface area (Å²) in [6.45, 7) is 3.99. The molecule has 0 spiro atoms. The molecule has 0 aliphatic carbocycles. The molecule has 0 saturated heterocycles. The fourth-order valence-electron chi connectivity index (χ4n) is 2.25. The van der Waals surface area contributed by atoms with Crippen molar-refractivity contribution in [1.82, 2.24) is 10.6 Å². The maximum absolute atomic E-state index is 9.86. The second-order valence-electron chi connectivity index (χ2n) is 6.48. The predicted octanol–water partition coefficient (Wildman–Crippen LogP) is -0.499. The Bertz CT molecular complexity index is 265. The summed E-state index contributed by atoms with van der Waals surface area (Å²) in [6.07, 6.45) is 0.642. The molecule has 0 heterocycles.